The Morgan fingerprint density at radius 1 is 1.30 bits per heavy atom. The second kappa shape index (κ2) is 6.04. The fourth-order valence-corrected chi connectivity index (χ4v) is 4.68. The third kappa shape index (κ3) is 3.02. The van der Waals surface area contributed by atoms with E-state index in [1.165, 1.54) is 22.7 Å². The lowest BCUT2D eigenvalue weighted by atomic mass is 10.4. The third-order valence-corrected chi connectivity index (χ3v) is 6.11. The highest BCUT2D eigenvalue weighted by atomic mass is 35.5. The summed E-state index contributed by atoms with van der Waals surface area (Å²) >= 11 is 10.4. The number of carbonyl (C=O) groups is 1. The molecule has 1 amide bonds. The van der Waals surface area contributed by atoms with E-state index in [-0.39, 0.29) is 5.91 Å². The largest absolute Gasteiger partial charge is 0.345 e. The van der Waals surface area contributed by atoms with Gasteiger partial charge in [0.2, 0.25) is 0 Å². The van der Waals surface area contributed by atoms with Gasteiger partial charge in [-0.3, -0.25) is 9.20 Å². The maximum atomic E-state index is 12.2. The van der Waals surface area contributed by atoms with E-state index in [0.29, 0.717) is 16.6 Å². The van der Waals surface area contributed by atoms with Crippen LogP contribution in [-0.2, 0) is 6.54 Å². The highest BCUT2D eigenvalue weighted by Gasteiger charge is 2.13. The minimum atomic E-state index is -0.202. The van der Waals surface area contributed by atoms with E-state index in [0.717, 1.165) is 20.5 Å². The summed E-state index contributed by atoms with van der Waals surface area (Å²) in [5, 5.41) is 7.37. The van der Waals surface area contributed by atoms with Crippen LogP contribution in [0, 0.1) is 0 Å². The molecule has 0 atom stereocenters. The molecule has 1 N–H and O–H groups in total. The fraction of sp³-hybridized carbons (Fsp3) is 0.0714. The summed E-state index contributed by atoms with van der Waals surface area (Å²) in [7, 11) is 0. The van der Waals surface area contributed by atoms with Gasteiger partial charge in [0.25, 0.3) is 5.91 Å². The molecule has 0 aliphatic carbocycles. The lowest BCUT2D eigenvalue weighted by molar-refractivity contribution is 0.0946. The van der Waals surface area contributed by atoms with Crippen LogP contribution >= 0.6 is 45.6 Å². The Bertz CT molecular complexity index is 955. The third-order valence-electron chi connectivity index (χ3n) is 3.09. The SMILES string of the molecule is O=C(NCc1cn2ccsc2n1)c1csc(-c2ccc(Cl)s2)n1. The normalized spacial score (nSPS) is 11.2. The van der Waals surface area contributed by atoms with Gasteiger partial charge in [-0.25, -0.2) is 9.97 Å². The summed E-state index contributed by atoms with van der Waals surface area (Å²) in [6, 6.07) is 3.73. The maximum Gasteiger partial charge on any atom is 0.271 e. The Labute approximate surface area is 148 Å². The van der Waals surface area contributed by atoms with Gasteiger partial charge < -0.3 is 5.32 Å². The van der Waals surface area contributed by atoms with Crippen LogP contribution in [0.4, 0.5) is 0 Å². The number of halogens is 1. The van der Waals surface area contributed by atoms with Crippen LogP contribution in [0.2, 0.25) is 4.34 Å². The summed E-state index contributed by atoms with van der Waals surface area (Å²) in [6.07, 6.45) is 3.85. The van der Waals surface area contributed by atoms with Crippen molar-refractivity contribution in [1.82, 2.24) is 19.7 Å². The van der Waals surface area contributed by atoms with E-state index in [1.54, 1.807) is 16.7 Å². The molecule has 0 fully saturated rings. The molecule has 4 heterocycles. The summed E-state index contributed by atoms with van der Waals surface area (Å²) < 4.78 is 2.65. The summed E-state index contributed by atoms with van der Waals surface area (Å²) in [5.74, 6) is -0.202. The van der Waals surface area contributed by atoms with Gasteiger partial charge in [-0.15, -0.1) is 34.0 Å². The molecular formula is C14H9ClN4OS3. The Kier molecular flexibility index (Phi) is 3.90. The first kappa shape index (κ1) is 14.8. The topological polar surface area (TPSA) is 59.3 Å². The zero-order valence-corrected chi connectivity index (χ0v) is 14.7. The number of thiazole rings is 2. The summed E-state index contributed by atoms with van der Waals surface area (Å²) in [4.78, 5) is 22.9. The van der Waals surface area contributed by atoms with Gasteiger partial charge in [-0.05, 0) is 12.1 Å². The number of imidazole rings is 1. The van der Waals surface area contributed by atoms with Crippen molar-refractivity contribution < 1.29 is 4.79 Å². The molecule has 0 aromatic carbocycles. The van der Waals surface area contributed by atoms with Crippen molar-refractivity contribution in [3.63, 3.8) is 0 Å². The van der Waals surface area contributed by atoms with Crippen molar-refractivity contribution >= 4 is 56.5 Å². The standard InChI is InChI=1S/C14H9ClN4OS3/c15-11-2-1-10(23-11)13-18-9(7-22-13)12(20)16-5-8-6-19-3-4-21-14(19)17-8/h1-4,6-7H,5H2,(H,16,20). The Morgan fingerprint density at radius 3 is 3.00 bits per heavy atom. The van der Waals surface area contributed by atoms with Crippen molar-refractivity contribution in [2.75, 3.05) is 0 Å². The van der Waals surface area contributed by atoms with Crippen molar-refractivity contribution in [1.29, 1.82) is 0 Å². The molecular weight excluding hydrogens is 372 g/mol. The van der Waals surface area contributed by atoms with Crippen LogP contribution in [0.15, 0.2) is 35.3 Å². The number of fused-ring (bicyclic) bond motifs is 1. The number of nitrogens with zero attached hydrogens (tertiary/aromatic N) is 3. The number of carbonyl (C=O) groups excluding carboxylic acids is 1. The molecule has 0 bridgehead atoms. The van der Waals surface area contributed by atoms with Crippen LogP contribution in [0.3, 0.4) is 0 Å². The quantitative estimate of drug-likeness (QED) is 0.578. The molecule has 4 aromatic heterocycles. The molecule has 0 radical (unpaired) electrons. The first-order valence-corrected chi connectivity index (χ1v) is 9.55. The second-order valence-electron chi connectivity index (χ2n) is 4.65. The van der Waals surface area contributed by atoms with Gasteiger partial charge in [0, 0.05) is 23.2 Å². The van der Waals surface area contributed by atoms with Gasteiger partial charge >= 0.3 is 0 Å². The molecule has 0 aliphatic rings. The average Bonchev–Trinajstić information content (AvgIpc) is 3.27. The Balaban J connectivity index is 1.44. The summed E-state index contributed by atoms with van der Waals surface area (Å²) in [5.41, 5.74) is 1.24. The Morgan fingerprint density at radius 2 is 2.22 bits per heavy atom. The zero-order valence-electron chi connectivity index (χ0n) is 11.5. The first-order chi connectivity index (χ1) is 11.2. The zero-order chi connectivity index (χ0) is 15.8. The van der Waals surface area contributed by atoms with E-state index in [4.69, 9.17) is 11.6 Å². The molecule has 0 aliphatic heterocycles. The Hall–Kier alpha value is -1.74. The highest BCUT2D eigenvalue weighted by molar-refractivity contribution is 7.23. The number of thiophene rings is 1. The molecule has 116 valence electrons. The van der Waals surface area contributed by atoms with Crippen LogP contribution in [0.5, 0.6) is 0 Å². The number of aromatic nitrogens is 3. The minimum Gasteiger partial charge on any atom is -0.345 e. The van der Waals surface area contributed by atoms with E-state index < -0.39 is 0 Å². The van der Waals surface area contributed by atoms with Crippen LogP contribution in [0.1, 0.15) is 16.2 Å². The van der Waals surface area contributed by atoms with Gasteiger partial charge in [0.1, 0.15) is 10.7 Å². The minimum absolute atomic E-state index is 0.202. The van der Waals surface area contributed by atoms with Crippen LogP contribution in [-0.4, -0.2) is 20.3 Å². The monoisotopic (exact) mass is 380 g/mol. The van der Waals surface area contributed by atoms with E-state index in [9.17, 15) is 4.79 Å². The van der Waals surface area contributed by atoms with Crippen molar-refractivity contribution in [2.24, 2.45) is 0 Å². The first-order valence-electron chi connectivity index (χ1n) is 6.59. The lowest BCUT2D eigenvalue weighted by Crippen LogP contribution is -2.23. The van der Waals surface area contributed by atoms with Crippen LogP contribution in [0.25, 0.3) is 14.8 Å². The number of amides is 1. The smallest absolute Gasteiger partial charge is 0.271 e. The highest BCUT2D eigenvalue weighted by Crippen LogP contribution is 2.32. The number of rotatable bonds is 4. The fourth-order valence-electron chi connectivity index (χ4n) is 2.04. The van der Waals surface area contributed by atoms with E-state index in [2.05, 4.69) is 15.3 Å². The second-order valence-corrected chi connectivity index (χ2v) is 8.10. The molecule has 4 aromatic rings. The predicted molar refractivity (Wildman–Crippen MR) is 94.7 cm³/mol. The molecule has 0 unspecified atom stereocenters. The van der Waals surface area contributed by atoms with Gasteiger partial charge in [-0.1, -0.05) is 11.6 Å². The van der Waals surface area contributed by atoms with Crippen LogP contribution < -0.4 is 5.32 Å². The number of nitrogens with one attached hydrogen (secondary N) is 1. The van der Waals surface area contributed by atoms with Gasteiger partial charge in [0.05, 0.1) is 21.5 Å². The molecule has 23 heavy (non-hydrogen) atoms. The average molecular weight is 381 g/mol. The number of hydrogen-bond acceptors (Lipinski definition) is 6. The molecule has 4 rings (SSSR count). The maximum absolute atomic E-state index is 12.2. The molecule has 5 nitrogen and oxygen atoms in total. The molecule has 0 saturated carbocycles. The van der Waals surface area contributed by atoms with Gasteiger partial charge in [-0.2, -0.15) is 0 Å². The number of hydrogen-bond donors (Lipinski definition) is 1. The molecule has 0 saturated heterocycles. The van der Waals surface area contributed by atoms with E-state index >= 15 is 0 Å². The lowest BCUT2D eigenvalue weighted by Gasteiger charge is -1.99. The van der Waals surface area contributed by atoms with Crippen molar-refractivity contribution in [3.05, 3.63) is 51.0 Å². The summed E-state index contributed by atoms with van der Waals surface area (Å²) in [6.45, 7) is 0.380. The molecule has 0 spiro atoms. The van der Waals surface area contributed by atoms with Gasteiger partial charge in [0.15, 0.2) is 4.96 Å². The predicted octanol–water partition coefficient (Wildman–Crippen LogP) is 4.16. The van der Waals surface area contributed by atoms with E-state index in [1.807, 2.05) is 34.3 Å². The molecule has 9 heteroatoms. The van der Waals surface area contributed by atoms with Crippen molar-refractivity contribution in [2.45, 2.75) is 6.54 Å². The van der Waals surface area contributed by atoms with Crippen molar-refractivity contribution in [3.8, 4) is 9.88 Å².